The Hall–Kier alpha value is -2.02. The zero-order valence-corrected chi connectivity index (χ0v) is 13.5. The first-order valence-electron chi connectivity index (χ1n) is 6.99. The summed E-state index contributed by atoms with van der Waals surface area (Å²) in [6.45, 7) is 1.97. The zero-order chi connectivity index (χ0) is 16.1. The van der Waals surface area contributed by atoms with Crippen molar-refractivity contribution in [2.24, 2.45) is 0 Å². The number of hydrogen-bond acceptors (Lipinski definition) is 4. The molecular weight excluding hydrogens is 302 g/mol. The molecule has 2 rings (SSSR count). The highest BCUT2D eigenvalue weighted by molar-refractivity contribution is 7.97. The third-order valence-electron chi connectivity index (χ3n) is 3.36. The van der Waals surface area contributed by atoms with Gasteiger partial charge in [-0.2, -0.15) is 11.8 Å². The van der Waals surface area contributed by atoms with E-state index in [1.54, 1.807) is 18.7 Å². The average Bonchev–Trinajstić information content (AvgIpc) is 2.83. The first kappa shape index (κ1) is 16.4. The molecule has 2 aromatic rings. The lowest BCUT2D eigenvalue weighted by Crippen LogP contribution is -2.37. The summed E-state index contributed by atoms with van der Waals surface area (Å²) >= 11 is 1.63. The van der Waals surface area contributed by atoms with Gasteiger partial charge in [-0.3, -0.25) is 9.59 Å². The third-order valence-corrected chi connectivity index (χ3v) is 3.91. The SMILES string of the molecule is CCN(CC(=O)O)C(=O)Cn1c(CSC)nc2ccccc21. The number of aliphatic carboxylic acids is 1. The van der Waals surface area contributed by atoms with Crippen LogP contribution in [0.3, 0.4) is 0 Å². The van der Waals surface area contributed by atoms with Crippen LogP contribution in [0.25, 0.3) is 11.0 Å². The van der Waals surface area contributed by atoms with E-state index in [-0.39, 0.29) is 19.0 Å². The lowest BCUT2D eigenvalue weighted by Gasteiger charge is -2.19. The van der Waals surface area contributed by atoms with E-state index in [9.17, 15) is 9.59 Å². The Morgan fingerprint density at radius 1 is 1.36 bits per heavy atom. The van der Waals surface area contributed by atoms with Crippen molar-refractivity contribution < 1.29 is 14.7 Å². The summed E-state index contributed by atoms with van der Waals surface area (Å²) in [5.74, 6) is 0.311. The van der Waals surface area contributed by atoms with Gasteiger partial charge >= 0.3 is 5.97 Å². The fraction of sp³-hybridized carbons (Fsp3) is 0.400. The Kier molecular flexibility index (Phi) is 5.43. The molecule has 0 saturated heterocycles. The van der Waals surface area contributed by atoms with Crippen molar-refractivity contribution in [2.45, 2.75) is 19.2 Å². The van der Waals surface area contributed by atoms with Gasteiger partial charge in [0.2, 0.25) is 5.91 Å². The number of carboxylic acids is 1. The van der Waals surface area contributed by atoms with Crippen LogP contribution in [-0.4, -0.2) is 50.8 Å². The van der Waals surface area contributed by atoms with Gasteiger partial charge in [-0.1, -0.05) is 12.1 Å². The molecule has 0 unspecified atom stereocenters. The predicted molar refractivity (Wildman–Crippen MR) is 86.8 cm³/mol. The van der Waals surface area contributed by atoms with E-state index in [0.29, 0.717) is 12.3 Å². The minimum Gasteiger partial charge on any atom is -0.480 e. The van der Waals surface area contributed by atoms with E-state index in [1.807, 2.05) is 35.1 Å². The summed E-state index contributed by atoms with van der Waals surface area (Å²) in [5.41, 5.74) is 1.74. The number of carbonyl (C=O) groups is 2. The fourth-order valence-corrected chi connectivity index (χ4v) is 2.79. The number of aromatic nitrogens is 2. The maximum Gasteiger partial charge on any atom is 0.323 e. The third kappa shape index (κ3) is 3.59. The molecule has 1 amide bonds. The lowest BCUT2D eigenvalue weighted by molar-refractivity contribution is -0.144. The van der Waals surface area contributed by atoms with Crippen LogP contribution in [0, 0.1) is 0 Å². The smallest absolute Gasteiger partial charge is 0.323 e. The van der Waals surface area contributed by atoms with Crippen LogP contribution in [0.1, 0.15) is 12.7 Å². The second-order valence-corrected chi connectivity index (χ2v) is 5.70. The number of fused-ring (bicyclic) bond motifs is 1. The highest BCUT2D eigenvalue weighted by atomic mass is 32.2. The number of likely N-dealkylation sites (N-methyl/N-ethyl adjacent to an activating group) is 1. The van der Waals surface area contributed by atoms with E-state index in [4.69, 9.17) is 5.11 Å². The number of rotatable bonds is 7. The predicted octanol–water partition coefficient (Wildman–Crippen LogP) is 1.83. The second-order valence-electron chi connectivity index (χ2n) is 4.84. The van der Waals surface area contributed by atoms with E-state index in [2.05, 4.69) is 4.98 Å². The van der Waals surface area contributed by atoms with E-state index >= 15 is 0 Å². The first-order chi connectivity index (χ1) is 10.6. The Labute approximate surface area is 133 Å². The molecule has 0 bridgehead atoms. The molecule has 6 nitrogen and oxygen atoms in total. The summed E-state index contributed by atoms with van der Waals surface area (Å²) in [4.78, 5) is 29.1. The molecule has 1 heterocycles. The maximum absolute atomic E-state index is 12.4. The standard InChI is InChI=1S/C15H19N3O3S/c1-3-17(9-15(20)21)14(19)8-18-12-7-5-4-6-11(12)16-13(18)10-22-2/h4-7H,3,8-10H2,1-2H3,(H,20,21). The quantitative estimate of drug-likeness (QED) is 0.842. The van der Waals surface area contributed by atoms with Crippen LogP contribution in [0.5, 0.6) is 0 Å². The summed E-state index contributed by atoms with van der Waals surface area (Å²) in [5, 5.41) is 8.88. The van der Waals surface area contributed by atoms with Gasteiger partial charge in [0.05, 0.1) is 16.8 Å². The van der Waals surface area contributed by atoms with Gasteiger partial charge in [0.1, 0.15) is 18.9 Å². The van der Waals surface area contributed by atoms with Gasteiger partial charge in [-0.05, 0) is 25.3 Å². The molecule has 0 fully saturated rings. The molecule has 118 valence electrons. The first-order valence-corrected chi connectivity index (χ1v) is 8.38. The lowest BCUT2D eigenvalue weighted by atomic mass is 10.3. The van der Waals surface area contributed by atoms with Gasteiger partial charge in [0.15, 0.2) is 0 Å². The number of hydrogen-bond donors (Lipinski definition) is 1. The van der Waals surface area contributed by atoms with E-state index in [0.717, 1.165) is 16.9 Å². The highest BCUT2D eigenvalue weighted by Crippen LogP contribution is 2.19. The second kappa shape index (κ2) is 7.31. The Bertz CT molecular complexity index is 684. The molecule has 0 aliphatic carbocycles. The number of carbonyl (C=O) groups excluding carboxylic acids is 1. The Morgan fingerprint density at radius 2 is 2.09 bits per heavy atom. The van der Waals surface area contributed by atoms with Crippen molar-refractivity contribution >= 4 is 34.7 Å². The van der Waals surface area contributed by atoms with Gasteiger partial charge in [-0.25, -0.2) is 4.98 Å². The number of thioether (sulfide) groups is 1. The topological polar surface area (TPSA) is 75.4 Å². The van der Waals surface area contributed by atoms with Gasteiger partial charge in [0, 0.05) is 6.54 Å². The largest absolute Gasteiger partial charge is 0.480 e. The average molecular weight is 321 g/mol. The van der Waals surface area contributed by atoms with Crippen LogP contribution in [0.4, 0.5) is 0 Å². The summed E-state index contributed by atoms with van der Waals surface area (Å²) < 4.78 is 1.87. The number of nitrogens with zero attached hydrogens (tertiary/aromatic N) is 3. The molecule has 0 atom stereocenters. The molecule has 22 heavy (non-hydrogen) atoms. The van der Waals surface area contributed by atoms with Gasteiger partial charge in [0.25, 0.3) is 0 Å². The van der Waals surface area contributed by atoms with E-state index in [1.165, 1.54) is 4.90 Å². The van der Waals surface area contributed by atoms with Crippen molar-refractivity contribution in [1.29, 1.82) is 0 Å². The Balaban J connectivity index is 2.31. The molecule has 0 spiro atoms. The molecule has 0 saturated carbocycles. The Morgan fingerprint density at radius 3 is 2.73 bits per heavy atom. The van der Waals surface area contributed by atoms with Crippen molar-refractivity contribution in [3.63, 3.8) is 0 Å². The van der Waals surface area contributed by atoms with Crippen LogP contribution in [0.2, 0.25) is 0 Å². The van der Waals surface area contributed by atoms with Crippen LogP contribution < -0.4 is 0 Å². The van der Waals surface area contributed by atoms with Crippen molar-refractivity contribution in [3.8, 4) is 0 Å². The maximum atomic E-state index is 12.4. The van der Waals surface area contributed by atoms with Gasteiger partial charge < -0.3 is 14.6 Å². The van der Waals surface area contributed by atoms with Crippen LogP contribution in [-0.2, 0) is 21.9 Å². The molecule has 7 heteroatoms. The zero-order valence-electron chi connectivity index (χ0n) is 12.7. The monoisotopic (exact) mass is 321 g/mol. The van der Waals surface area contributed by atoms with Crippen molar-refractivity contribution in [3.05, 3.63) is 30.1 Å². The van der Waals surface area contributed by atoms with E-state index < -0.39 is 5.97 Å². The number of carboxylic acid groups (broad SMARTS) is 1. The number of imidazole rings is 1. The molecule has 1 N–H and O–H groups in total. The minimum atomic E-state index is -1.00. The molecule has 1 aromatic heterocycles. The van der Waals surface area contributed by atoms with Crippen molar-refractivity contribution in [1.82, 2.24) is 14.5 Å². The summed E-state index contributed by atoms with van der Waals surface area (Å²) in [7, 11) is 0. The normalized spacial score (nSPS) is 10.8. The van der Waals surface area contributed by atoms with Gasteiger partial charge in [-0.15, -0.1) is 0 Å². The molecular formula is C15H19N3O3S. The van der Waals surface area contributed by atoms with Crippen molar-refractivity contribution in [2.75, 3.05) is 19.3 Å². The summed E-state index contributed by atoms with van der Waals surface area (Å²) in [6, 6.07) is 7.65. The highest BCUT2D eigenvalue weighted by Gasteiger charge is 2.18. The summed E-state index contributed by atoms with van der Waals surface area (Å²) in [6.07, 6.45) is 1.98. The molecule has 0 aliphatic rings. The molecule has 1 aromatic carbocycles. The van der Waals surface area contributed by atoms with Crippen LogP contribution in [0.15, 0.2) is 24.3 Å². The number of para-hydroxylation sites is 2. The number of benzene rings is 1. The number of amides is 1. The fourth-order valence-electron chi connectivity index (χ4n) is 2.32. The molecule has 0 aliphatic heterocycles. The molecule has 0 radical (unpaired) electrons. The minimum absolute atomic E-state index is 0.109. The van der Waals surface area contributed by atoms with Crippen LogP contribution >= 0.6 is 11.8 Å².